The minimum Gasteiger partial charge on any atom is -0.339 e. The van der Waals surface area contributed by atoms with E-state index in [4.69, 9.17) is 0 Å². The predicted octanol–water partition coefficient (Wildman–Crippen LogP) is 4.86. The maximum atomic E-state index is 13.2. The number of benzene rings is 2. The molecule has 2 aromatic heterocycles. The molecule has 0 radical (unpaired) electrons. The first-order valence-electron chi connectivity index (χ1n) is 10.7. The third-order valence-corrected chi connectivity index (χ3v) is 5.21. The van der Waals surface area contributed by atoms with E-state index in [1.807, 2.05) is 87.5 Å². The van der Waals surface area contributed by atoms with Crippen molar-refractivity contribution in [1.29, 1.82) is 0 Å². The standard InChI is InChI=1S/C25H26N6O/c1-4-30(5-2)25(32)21-17-26-31(20-14-10-7-11-15-20)24(21)29-23-16-22(27-18(3)28-23)19-12-8-6-9-13-19/h6-17H,4-5H2,1-3H3,(H,27,28,29). The lowest BCUT2D eigenvalue weighted by molar-refractivity contribution is 0.0774. The Morgan fingerprint density at radius 1 is 0.969 bits per heavy atom. The number of anilines is 2. The summed E-state index contributed by atoms with van der Waals surface area (Å²) in [5.41, 5.74) is 3.15. The van der Waals surface area contributed by atoms with Gasteiger partial charge in [-0.25, -0.2) is 14.6 Å². The molecule has 0 bridgehead atoms. The fourth-order valence-electron chi connectivity index (χ4n) is 3.58. The van der Waals surface area contributed by atoms with E-state index in [1.165, 1.54) is 0 Å². The largest absolute Gasteiger partial charge is 0.339 e. The van der Waals surface area contributed by atoms with Crippen molar-refractivity contribution in [2.75, 3.05) is 18.4 Å². The number of hydrogen-bond acceptors (Lipinski definition) is 5. The molecule has 0 aliphatic heterocycles. The lowest BCUT2D eigenvalue weighted by Crippen LogP contribution is -2.30. The van der Waals surface area contributed by atoms with Crippen molar-refractivity contribution in [2.24, 2.45) is 0 Å². The van der Waals surface area contributed by atoms with Crippen molar-refractivity contribution in [3.8, 4) is 16.9 Å². The number of aromatic nitrogens is 4. The highest BCUT2D eigenvalue weighted by Gasteiger charge is 2.23. The van der Waals surface area contributed by atoms with Gasteiger partial charge in [0.25, 0.3) is 5.91 Å². The molecule has 162 valence electrons. The molecule has 0 saturated carbocycles. The van der Waals surface area contributed by atoms with Crippen LogP contribution >= 0.6 is 0 Å². The van der Waals surface area contributed by atoms with Gasteiger partial charge in [-0.1, -0.05) is 48.5 Å². The predicted molar refractivity (Wildman–Crippen MR) is 126 cm³/mol. The first-order valence-corrected chi connectivity index (χ1v) is 10.7. The van der Waals surface area contributed by atoms with Crippen LogP contribution in [0.3, 0.4) is 0 Å². The van der Waals surface area contributed by atoms with Crippen LogP contribution in [-0.4, -0.2) is 43.6 Å². The van der Waals surface area contributed by atoms with E-state index in [2.05, 4.69) is 20.4 Å². The topological polar surface area (TPSA) is 75.9 Å². The van der Waals surface area contributed by atoms with Gasteiger partial charge in [0.1, 0.15) is 23.0 Å². The van der Waals surface area contributed by atoms with Crippen molar-refractivity contribution in [2.45, 2.75) is 20.8 Å². The van der Waals surface area contributed by atoms with Crippen LogP contribution < -0.4 is 5.32 Å². The quantitative estimate of drug-likeness (QED) is 0.457. The zero-order valence-electron chi connectivity index (χ0n) is 18.5. The first-order chi connectivity index (χ1) is 15.6. The van der Waals surface area contributed by atoms with Crippen LogP contribution in [0, 0.1) is 6.92 Å². The molecule has 32 heavy (non-hydrogen) atoms. The van der Waals surface area contributed by atoms with Crippen LogP contribution in [0.15, 0.2) is 72.9 Å². The molecule has 1 N–H and O–H groups in total. The Kier molecular flexibility index (Phi) is 6.26. The molecule has 4 rings (SSSR count). The van der Waals surface area contributed by atoms with Crippen LogP contribution in [-0.2, 0) is 0 Å². The van der Waals surface area contributed by atoms with Gasteiger partial charge in [0.15, 0.2) is 0 Å². The van der Waals surface area contributed by atoms with Gasteiger partial charge in [-0.2, -0.15) is 5.10 Å². The van der Waals surface area contributed by atoms with Crippen molar-refractivity contribution in [3.63, 3.8) is 0 Å². The number of para-hydroxylation sites is 1. The molecule has 2 aromatic carbocycles. The zero-order chi connectivity index (χ0) is 22.5. The molecule has 4 aromatic rings. The Hall–Kier alpha value is -4.00. The summed E-state index contributed by atoms with van der Waals surface area (Å²) in [5.74, 6) is 1.73. The van der Waals surface area contributed by atoms with E-state index < -0.39 is 0 Å². The smallest absolute Gasteiger partial charge is 0.259 e. The Labute approximate surface area is 187 Å². The summed E-state index contributed by atoms with van der Waals surface area (Å²) in [7, 11) is 0. The van der Waals surface area contributed by atoms with Gasteiger partial charge in [0.2, 0.25) is 0 Å². The number of hydrogen-bond donors (Lipinski definition) is 1. The van der Waals surface area contributed by atoms with Crippen molar-refractivity contribution in [1.82, 2.24) is 24.6 Å². The second-order valence-corrected chi connectivity index (χ2v) is 7.31. The number of nitrogens with zero attached hydrogens (tertiary/aromatic N) is 5. The Morgan fingerprint density at radius 3 is 2.28 bits per heavy atom. The third kappa shape index (κ3) is 4.37. The molecule has 0 aliphatic rings. The van der Waals surface area contributed by atoms with E-state index in [0.717, 1.165) is 16.9 Å². The maximum Gasteiger partial charge on any atom is 0.259 e. The minimum absolute atomic E-state index is 0.0752. The van der Waals surface area contributed by atoms with E-state index in [0.29, 0.717) is 36.1 Å². The van der Waals surface area contributed by atoms with Gasteiger partial charge in [-0.05, 0) is 32.9 Å². The average Bonchev–Trinajstić information content (AvgIpc) is 3.24. The molecule has 0 spiro atoms. The SMILES string of the molecule is CCN(CC)C(=O)c1cnn(-c2ccccc2)c1Nc1cc(-c2ccccc2)nc(C)n1. The summed E-state index contributed by atoms with van der Waals surface area (Å²) in [6, 6.07) is 21.6. The molecule has 2 heterocycles. The normalized spacial score (nSPS) is 10.7. The number of carbonyl (C=O) groups is 1. The molecular weight excluding hydrogens is 400 g/mol. The lowest BCUT2D eigenvalue weighted by atomic mass is 10.1. The van der Waals surface area contributed by atoms with Crippen LogP contribution in [0.2, 0.25) is 0 Å². The number of rotatable bonds is 7. The first kappa shape index (κ1) is 21.2. The van der Waals surface area contributed by atoms with Gasteiger partial charge < -0.3 is 10.2 Å². The molecule has 0 aliphatic carbocycles. The molecule has 0 atom stereocenters. The molecular formula is C25H26N6O. The van der Waals surface area contributed by atoms with E-state index >= 15 is 0 Å². The lowest BCUT2D eigenvalue weighted by Gasteiger charge is -2.19. The number of carbonyl (C=O) groups excluding carboxylic acids is 1. The van der Waals surface area contributed by atoms with Crippen molar-refractivity contribution in [3.05, 3.63) is 84.3 Å². The highest BCUT2D eigenvalue weighted by molar-refractivity contribution is 5.99. The van der Waals surface area contributed by atoms with Crippen LogP contribution in [0.4, 0.5) is 11.6 Å². The van der Waals surface area contributed by atoms with Crippen LogP contribution in [0.5, 0.6) is 0 Å². The van der Waals surface area contributed by atoms with E-state index in [9.17, 15) is 4.79 Å². The monoisotopic (exact) mass is 426 g/mol. The second kappa shape index (κ2) is 9.43. The van der Waals surface area contributed by atoms with Crippen LogP contribution in [0.25, 0.3) is 16.9 Å². The third-order valence-electron chi connectivity index (χ3n) is 5.21. The van der Waals surface area contributed by atoms with E-state index in [-0.39, 0.29) is 5.91 Å². The van der Waals surface area contributed by atoms with Crippen molar-refractivity contribution >= 4 is 17.5 Å². The summed E-state index contributed by atoms with van der Waals surface area (Å²) in [6.07, 6.45) is 1.61. The summed E-state index contributed by atoms with van der Waals surface area (Å²) < 4.78 is 1.73. The zero-order valence-corrected chi connectivity index (χ0v) is 18.5. The summed E-state index contributed by atoms with van der Waals surface area (Å²) >= 11 is 0. The molecule has 0 fully saturated rings. The van der Waals surface area contributed by atoms with Gasteiger partial charge in [0.05, 0.1) is 17.6 Å². The highest BCUT2D eigenvalue weighted by Crippen LogP contribution is 2.27. The Bertz CT molecular complexity index is 1200. The van der Waals surface area contributed by atoms with E-state index in [1.54, 1.807) is 15.8 Å². The molecule has 0 unspecified atom stereocenters. The minimum atomic E-state index is -0.0752. The number of nitrogens with one attached hydrogen (secondary N) is 1. The highest BCUT2D eigenvalue weighted by atomic mass is 16.2. The maximum absolute atomic E-state index is 13.2. The molecule has 7 heteroatoms. The summed E-state index contributed by atoms with van der Waals surface area (Å²) in [4.78, 5) is 24.1. The number of aryl methyl sites for hydroxylation is 1. The summed E-state index contributed by atoms with van der Waals surface area (Å²) in [6.45, 7) is 7.03. The van der Waals surface area contributed by atoms with Crippen LogP contribution in [0.1, 0.15) is 30.0 Å². The van der Waals surface area contributed by atoms with Gasteiger partial charge in [0, 0.05) is 24.7 Å². The van der Waals surface area contributed by atoms with Gasteiger partial charge in [-0.3, -0.25) is 4.79 Å². The average molecular weight is 427 g/mol. The fraction of sp³-hybridized carbons (Fsp3) is 0.200. The Balaban J connectivity index is 1.79. The molecule has 1 amide bonds. The van der Waals surface area contributed by atoms with Gasteiger partial charge >= 0.3 is 0 Å². The second-order valence-electron chi connectivity index (χ2n) is 7.31. The molecule has 0 saturated heterocycles. The van der Waals surface area contributed by atoms with Gasteiger partial charge in [-0.15, -0.1) is 0 Å². The number of amides is 1. The Morgan fingerprint density at radius 2 is 1.62 bits per heavy atom. The van der Waals surface area contributed by atoms with Crippen molar-refractivity contribution < 1.29 is 4.79 Å². The fourth-order valence-corrected chi connectivity index (χ4v) is 3.58. The molecule has 7 nitrogen and oxygen atoms in total. The summed E-state index contributed by atoms with van der Waals surface area (Å²) in [5, 5.41) is 7.88.